The molecule has 3 aliphatic rings. The van der Waals surface area contributed by atoms with Crippen LogP contribution in [0.1, 0.15) is 74.9 Å². The fourth-order valence-corrected chi connectivity index (χ4v) is 24.4. The van der Waals surface area contributed by atoms with Crippen LogP contribution in [-0.4, -0.2) is 28.7 Å². The first-order valence-electron chi connectivity index (χ1n) is 50.9. The number of nitrogens with zero attached hydrogens (tertiary/aromatic N) is 9. The van der Waals surface area contributed by atoms with Gasteiger partial charge in [-0.05, 0) is 300 Å². The summed E-state index contributed by atoms with van der Waals surface area (Å²) in [5.74, 6) is 1.56. The van der Waals surface area contributed by atoms with Crippen molar-refractivity contribution < 1.29 is 0 Å². The van der Waals surface area contributed by atoms with Crippen molar-refractivity contribution in [2.24, 2.45) is 0 Å². The molecule has 0 amide bonds. The molecule has 0 unspecified atom stereocenters. The molecule has 9 nitrogen and oxygen atoms in total. The second-order valence-electron chi connectivity index (χ2n) is 41.1. The number of fused-ring (bicyclic) bond motifs is 18. The van der Waals surface area contributed by atoms with Crippen LogP contribution in [0.3, 0.4) is 0 Å². The molecule has 9 heteroatoms. The van der Waals surface area contributed by atoms with Crippen LogP contribution in [0, 0.1) is 0 Å². The predicted molar refractivity (Wildman–Crippen MR) is 612 cm³/mol. The van der Waals surface area contributed by atoms with E-state index < -0.39 is 0 Å². The minimum Gasteiger partial charge on any atom is -0.310 e. The average molecular weight is 1880 g/mol. The van der Waals surface area contributed by atoms with Crippen LogP contribution in [0.4, 0.5) is 51.2 Å². The number of para-hydroxylation sites is 6. The highest BCUT2D eigenvalue weighted by Crippen LogP contribution is 2.55. The topological polar surface area (TPSA) is 63.2 Å². The van der Waals surface area contributed by atoms with E-state index in [1.165, 1.54) is 132 Å². The number of aromatic nitrogens is 6. The van der Waals surface area contributed by atoms with Gasteiger partial charge >= 0.3 is 0 Å². The van der Waals surface area contributed by atoms with Gasteiger partial charge in [0.25, 0.3) is 0 Å². The third kappa shape index (κ3) is 14.1. The molecule has 3 aliphatic carbocycles. The van der Waals surface area contributed by atoms with Crippen molar-refractivity contribution in [3.05, 3.63) is 525 Å². The van der Waals surface area contributed by atoms with Gasteiger partial charge < -0.3 is 28.4 Å². The summed E-state index contributed by atoms with van der Waals surface area (Å²) in [7, 11) is 0. The molecular formula is C138H99N9. The van der Waals surface area contributed by atoms with Crippen molar-refractivity contribution in [2.45, 2.75) is 57.8 Å². The highest BCUT2D eigenvalue weighted by molar-refractivity contribution is 6.14. The van der Waals surface area contributed by atoms with Crippen molar-refractivity contribution in [1.29, 1.82) is 0 Å². The molecule has 4 aromatic heterocycles. The molecule has 0 N–H and O–H groups in total. The van der Waals surface area contributed by atoms with Gasteiger partial charge in [-0.25, -0.2) is 15.0 Å². The molecule has 0 fully saturated rings. The molecule has 0 aliphatic heterocycles. The number of rotatable bonds is 18. The van der Waals surface area contributed by atoms with Crippen LogP contribution < -0.4 is 14.7 Å². The molecule has 0 saturated heterocycles. The predicted octanol–water partition coefficient (Wildman–Crippen LogP) is 36.5. The maximum Gasteiger partial charge on any atom is 0.164 e. The van der Waals surface area contributed by atoms with Crippen LogP contribution >= 0.6 is 0 Å². The molecule has 0 radical (unpaired) electrons. The summed E-state index contributed by atoms with van der Waals surface area (Å²) >= 11 is 0. The van der Waals surface area contributed by atoms with E-state index in [9.17, 15) is 0 Å². The van der Waals surface area contributed by atoms with Crippen molar-refractivity contribution in [3.63, 3.8) is 0 Å². The van der Waals surface area contributed by atoms with Gasteiger partial charge in [0.1, 0.15) is 0 Å². The number of hydrogen-bond donors (Lipinski definition) is 0. The monoisotopic (exact) mass is 1880 g/mol. The van der Waals surface area contributed by atoms with Crippen LogP contribution in [0.25, 0.3) is 183 Å². The zero-order valence-electron chi connectivity index (χ0n) is 82.3. The molecule has 28 rings (SSSR count). The second-order valence-corrected chi connectivity index (χ2v) is 41.1. The van der Waals surface area contributed by atoms with Gasteiger partial charge in [-0.3, -0.25) is 0 Å². The summed E-state index contributed by atoms with van der Waals surface area (Å²) in [6, 6.07) is 180. The molecule has 21 aromatic carbocycles. The third-order valence-electron chi connectivity index (χ3n) is 31.6. The Morgan fingerprint density at radius 2 is 0.388 bits per heavy atom. The van der Waals surface area contributed by atoms with E-state index in [0.29, 0.717) is 17.5 Å². The summed E-state index contributed by atoms with van der Waals surface area (Å²) in [4.78, 5) is 23.9. The highest BCUT2D eigenvalue weighted by atomic mass is 15.2. The number of benzene rings is 21. The highest BCUT2D eigenvalue weighted by Gasteiger charge is 2.40. The quantitative estimate of drug-likeness (QED) is 0.0853. The maximum absolute atomic E-state index is 5.64. The fraction of sp³-hybridized carbons (Fsp3) is 0.0652. The Morgan fingerprint density at radius 3 is 0.680 bits per heavy atom. The zero-order chi connectivity index (χ0) is 98.1. The van der Waals surface area contributed by atoms with Crippen molar-refractivity contribution in [3.8, 4) is 118 Å². The molecule has 25 aromatic rings. The van der Waals surface area contributed by atoms with Crippen molar-refractivity contribution in [1.82, 2.24) is 28.7 Å². The summed E-state index contributed by atoms with van der Waals surface area (Å²) in [6.45, 7) is 14.2. The van der Waals surface area contributed by atoms with Gasteiger partial charge in [0.05, 0.1) is 33.1 Å². The number of anilines is 9. The Kier molecular flexibility index (Phi) is 19.9. The maximum atomic E-state index is 5.64. The molecule has 147 heavy (non-hydrogen) atoms. The Labute approximate surface area is 854 Å². The standard InChI is InChI=1S/C138H99N9/c1-136(2)121-49-22-16-43-109(121)112-73-70-106(85-124(112)136)145-127-52-25-19-46-115(127)118-82-91(61-76-130(118)145)88-55-64-100(65-56-88)142(97-34-10-7-11-35-97)103-40-28-31-94(79-103)133-139-134(95-32-29-41-104(80-95)143(98-36-12-8-13-37-98)101-66-57-89(58-67-101)92-62-77-131-119(83-92)116-47-20-26-53-128(116)146(131)107-71-74-113-110-44-17-23-50-122(110)137(3,4)125(113)86-107)141-135(140-133)96-33-30-42-105(81-96)144(99-38-14-9-15-39-99)102-68-59-90(60-69-102)93-63-78-132-120(84-93)117-48-21-27-54-129(117)147(132)108-72-75-114-111-45-18-24-51-123(111)138(5,6)126(114)87-108/h7-87H,1-6H3. The number of hydrogen-bond acceptors (Lipinski definition) is 6. The smallest absolute Gasteiger partial charge is 0.164 e. The molecule has 0 bridgehead atoms. The van der Waals surface area contributed by atoms with Crippen molar-refractivity contribution in [2.75, 3.05) is 14.7 Å². The van der Waals surface area contributed by atoms with E-state index in [1.807, 2.05) is 0 Å². The van der Waals surface area contributed by atoms with Crippen molar-refractivity contribution >= 4 is 117 Å². The van der Waals surface area contributed by atoms with E-state index in [1.54, 1.807) is 0 Å². The lowest BCUT2D eigenvalue weighted by atomic mass is 9.82. The van der Waals surface area contributed by atoms with Gasteiger partial charge in [-0.15, -0.1) is 0 Å². The molecule has 0 spiro atoms. The SMILES string of the molecule is CC1(C)c2ccccc2-c2ccc(-n3c4ccccc4c4cc(-c5ccc(N(c6ccccc6)c6cccc(-c7nc(-c8cccc(N(c9ccccc9)c9ccc(-c%10ccc%11c(c%10)c%10ccccc%10n%11-c%10ccc%11c(c%10)C(C)(C)c%10ccccc%10-%11)cc9)c8)nc(-c8cccc(N(c9ccccc9)c9ccc(-c%10ccc%11c(c%10)c%10ccccc%10n%11-c%10ccc%11c(c%10)C(C)(C)c%10ccccc%10-%11)cc9)c8)n7)c6)cc5)ccc43)cc21. The molecule has 4 heterocycles. The van der Waals surface area contributed by atoms with E-state index >= 15 is 0 Å². The third-order valence-corrected chi connectivity index (χ3v) is 31.6. The van der Waals surface area contributed by atoms with Crippen LogP contribution in [0.2, 0.25) is 0 Å². The van der Waals surface area contributed by atoms with Crippen LogP contribution in [-0.2, 0) is 16.2 Å². The zero-order valence-corrected chi connectivity index (χ0v) is 82.3. The fourth-order valence-electron chi connectivity index (χ4n) is 24.4. The first-order valence-corrected chi connectivity index (χ1v) is 50.9. The summed E-state index contributed by atoms with van der Waals surface area (Å²) in [5, 5.41) is 7.27. The van der Waals surface area contributed by atoms with Gasteiger partial charge in [0.2, 0.25) is 0 Å². The molecule has 0 saturated carbocycles. The van der Waals surface area contributed by atoms with Crippen LogP contribution in [0.15, 0.2) is 491 Å². The second kappa shape index (κ2) is 33.8. The Bertz CT molecular complexity index is 8750. The lowest BCUT2D eigenvalue weighted by Crippen LogP contribution is -2.15. The lowest BCUT2D eigenvalue weighted by molar-refractivity contribution is 0.660. The molecule has 0 atom stereocenters. The minimum absolute atomic E-state index is 0.130. The van der Waals surface area contributed by atoms with Gasteiger partial charge in [-0.1, -0.05) is 333 Å². The van der Waals surface area contributed by atoms with E-state index in [2.05, 4.69) is 561 Å². The van der Waals surface area contributed by atoms with Crippen LogP contribution in [0.5, 0.6) is 0 Å². The molecular weight excluding hydrogens is 1780 g/mol. The Hall–Kier alpha value is -18.6. The summed E-state index contributed by atoms with van der Waals surface area (Å²) < 4.78 is 7.35. The van der Waals surface area contributed by atoms with E-state index in [-0.39, 0.29) is 16.2 Å². The lowest BCUT2D eigenvalue weighted by Gasteiger charge is -2.26. The Balaban J connectivity index is 0.536. The first-order chi connectivity index (χ1) is 72.1. The summed E-state index contributed by atoms with van der Waals surface area (Å²) in [6.07, 6.45) is 0. The molecule has 696 valence electrons. The van der Waals surface area contributed by atoms with Gasteiger partial charge in [-0.2, -0.15) is 0 Å². The largest absolute Gasteiger partial charge is 0.310 e. The first kappa shape index (κ1) is 86.3. The van der Waals surface area contributed by atoms with E-state index in [4.69, 9.17) is 15.0 Å². The van der Waals surface area contributed by atoms with Gasteiger partial charge in [0.15, 0.2) is 17.5 Å². The van der Waals surface area contributed by atoms with E-state index in [0.717, 1.165) is 118 Å². The minimum atomic E-state index is -0.130. The summed E-state index contributed by atoms with van der Waals surface area (Å²) in [5.41, 5.74) is 44.3. The van der Waals surface area contributed by atoms with Gasteiger partial charge in [0, 0.05) is 134 Å². The Morgan fingerprint density at radius 1 is 0.156 bits per heavy atom. The normalized spacial score (nSPS) is 13.3. The average Bonchev–Trinajstić information content (AvgIpc) is 1.57.